The van der Waals surface area contributed by atoms with E-state index in [-0.39, 0.29) is 17.3 Å². The summed E-state index contributed by atoms with van der Waals surface area (Å²) in [6.45, 7) is 16.5. The van der Waals surface area contributed by atoms with Gasteiger partial charge in [0.25, 0.3) is 0 Å². The molecule has 0 aromatic carbocycles. The molecule has 0 amide bonds. The molecule has 0 aliphatic rings. The van der Waals surface area contributed by atoms with E-state index in [1.54, 1.807) is 0 Å². The van der Waals surface area contributed by atoms with Crippen molar-refractivity contribution in [3.63, 3.8) is 0 Å². The van der Waals surface area contributed by atoms with Crippen LogP contribution in [-0.2, 0) is 14.6 Å². The molecule has 1 unspecified atom stereocenters. The summed E-state index contributed by atoms with van der Waals surface area (Å²) < 4.78 is 0. The van der Waals surface area contributed by atoms with Crippen LogP contribution in [0.4, 0.5) is 0 Å². The molecule has 18 heavy (non-hydrogen) atoms. The lowest BCUT2D eigenvalue weighted by Crippen LogP contribution is -2.32. The molecule has 0 saturated carbocycles. The number of rotatable bonds is 6. The third-order valence-corrected chi connectivity index (χ3v) is 3.22. The van der Waals surface area contributed by atoms with Crippen LogP contribution in [0.25, 0.3) is 0 Å². The molecule has 0 spiro atoms. The van der Waals surface area contributed by atoms with Gasteiger partial charge in [0.05, 0.1) is 6.42 Å². The summed E-state index contributed by atoms with van der Waals surface area (Å²) in [6, 6.07) is 0. The molecule has 0 bridgehead atoms. The molecule has 0 saturated heterocycles. The van der Waals surface area contributed by atoms with E-state index >= 15 is 0 Å². The summed E-state index contributed by atoms with van der Waals surface area (Å²) in [7, 11) is 0. The van der Waals surface area contributed by atoms with Crippen molar-refractivity contribution in [1.29, 1.82) is 0 Å². The highest BCUT2D eigenvalue weighted by molar-refractivity contribution is 5.68. The van der Waals surface area contributed by atoms with Crippen molar-refractivity contribution < 1.29 is 14.6 Å². The van der Waals surface area contributed by atoms with Gasteiger partial charge in [0.2, 0.25) is 0 Å². The molecule has 0 heterocycles. The largest absolute Gasteiger partial charge is 0.342 e. The van der Waals surface area contributed by atoms with Gasteiger partial charge in [-0.05, 0) is 37.5 Å². The van der Waals surface area contributed by atoms with Crippen molar-refractivity contribution in [3.8, 4) is 0 Å². The minimum absolute atomic E-state index is 0.234. The van der Waals surface area contributed by atoms with Gasteiger partial charge in [-0.3, -0.25) is 4.89 Å². The first kappa shape index (κ1) is 17.4. The van der Waals surface area contributed by atoms with Crippen molar-refractivity contribution in [2.24, 2.45) is 17.3 Å². The minimum Gasteiger partial charge on any atom is -0.298 e. The second-order valence-corrected chi connectivity index (χ2v) is 7.37. The van der Waals surface area contributed by atoms with Crippen LogP contribution in [0.1, 0.15) is 68.2 Å². The lowest BCUT2D eigenvalue weighted by atomic mass is 9.84. The van der Waals surface area contributed by atoms with E-state index in [1.807, 2.05) is 27.7 Å². The predicted molar refractivity (Wildman–Crippen MR) is 73.9 cm³/mol. The summed E-state index contributed by atoms with van der Waals surface area (Å²) in [6.07, 6.45) is 1.40. The first-order valence-electron chi connectivity index (χ1n) is 6.82. The highest BCUT2D eigenvalue weighted by atomic mass is 17.2. The van der Waals surface area contributed by atoms with Crippen molar-refractivity contribution in [2.75, 3.05) is 0 Å². The zero-order valence-corrected chi connectivity index (χ0v) is 13.3. The number of hydrogen-bond acceptors (Lipinski definition) is 3. The monoisotopic (exact) mass is 258 g/mol. The average molecular weight is 258 g/mol. The second kappa shape index (κ2) is 6.55. The smallest absolute Gasteiger partial charge is 0.298 e. The van der Waals surface area contributed by atoms with Crippen LogP contribution in [0.2, 0.25) is 0 Å². The van der Waals surface area contributed by atoms with E-state index in [0.717, 1.165) is 6.42 Å². The van der Waals surface area contributed by atoms with Gasteiger partial charge in [0.15, 0.2) is 0 Å². The SMILES string of the molecule is CC(CC(=O)OOC(C)(C)C(C)C)CC(C)(C)C. The van der Waals surface area contributed by atoms with Crippen LogP contribution in [-0.4, -0.2) is 11.6 Å². The van der Waals surface area contributed by atoms with Crippen LogP contribution < -0.4 is 0 Å². The van der Waals surface area contributed by atoms with Crippen molar-refractivity contribution in [2.45, 2.75) is 73.8 Å². The van der Waals surface area contributed by atoms with E-state index in [9.17, 15) is 4.79 Å². The predicted octanol–water partition coefficient (Wildman–Crippen LogP) is 4.36. The molecular weight excluding hydrogens is 228 g/mol. The Morgan fingerprint density at radius 2 is 1.56 bits per heavy atom. The third kappa shape index (κ3) is 7.70. The van der Waals surface area contributed by atoms with Gasteiger partial charge in [0, 0.05) is 0 Å². The third-order valence-electron chi connectivity index (χ3n) is 3.22. The Hall–Kier alpha value is -0.570. The molecule has 0 aliphatic carbocycles. The fourth-order valence-corrected chi connectivity index (χ4v) is 1.69. The topological polar surface area (TPSA) is 35.5 Å². The summed E-state index contributed by atoms with van der Waals surface area (Å²) in [5.74, 6) is 0.320. The van der Waals surface area contributed by atoms with Crippen molar-refractivity contribution in [3.05, 3.63) is 0 Å². The normalized spacial score (nSPS) is 14.7. The molecule has 0 N–H and O–H groups in total. The Balaban J connectivity index is 4.06. The fourth-order valence-electron chi connectivity index (χ4n) is 1.69. The fraction of sp³-hybridized carbons (Fsp3) is 0.933. The van der Waals surface area contributed by atoms with Gasteiger partial charge in [-0.25, -0.2) is 4.79 Å². The quantitative estimate of drug-likeness (QED) is 0.524. The Bertz CT molecular complexity index is 261. The number of hydrogen-bond donors (Lipinski definition) is 0. The molecule has 0 aromatic rings. The second-order valence-electron chi connectivity index (χ2n) is 7.37. The maximum Gasteiger partial charge on any atom is 0.342 e. The minimum atomic E-state index is -0.442. The van der Waals surface area contributed by atoms with Gasteiger partial charge in [-0.1, -0.05) is 41.5 Å². The number of carbonyl (C=O) groups excluding carboxylic acids is 1. The van der Waals surface area contributed by atoms with Crippen molar-refractivity contribution in [1.82, 2.24) is 0 Å². The molecule has 0 radical (unpaired) electrons. The van der Waals surface area contributed by atoms with Gasteiger partial charge >= 0.3 is 5.97 Å². The first-order chi connectivity index (χ1) is 7.94. The summed E-state index contributed by atoms with van der Waals surface area (Å²) in [4.78, 5) is 21.8. The average Bonchev–Trinajstić information content (AvgIpc) is 2.11. The lowest BCUT2D eigenvalue weighted by molar-refractivity contribution is -0.334. The standard InChI is InChI=1S/C15H30O3/c1-11(2)15(7,8)18-17-13(16)9-12(3)10-14(4,5)6/h11-12H,9-10H2,1-8H3. The summed E-state index contributed by atoms with van der Waals surface area (Å²) in [5.41, 5.74) is -0.208. The molecule has 0 rings (SSSR count). The van der Waals surface area contributed by atoms with Gasteiger partial charge < -0.3 is 0 Å². The Morgan fingerprint density at radius 3 is 1.94 bits per heavy atom. The van der Waals surface area contributed by atoms with Gasteiger partial charge in [-0.2, -0.15) is 4.89 Å². The van der Waals surface area contributed by atoms with E-state index < -0.39 is 5.60 Å². The van der Waals surface area contributed by atoms with Crippen molar-refractivity contribution >= 4 is 5.97 Å². The van der Waals surface area contributed by atoms with Crippen LogP contribution >= 0.6 is 0 Å². The van der Waals surface area contributed by atoms with Crippen LogP contribution in [0.5, 0.6) is 0 Å². The maximum atomic E-state index is 11.7. The molecule has 3 nitrogen and oxygen atoms in total. The zero-order chi connectivity index (χ0) is 14.6. The van der Waals surface area contributed by atoms with Gasteiger partial charge in [-0.15, -0.1) is 0 Å². The van der Waals surface area contributed by atoms with Crippen LogP contribution in [0.15, 0.2) is 0 Å². The molecule has 0 aliphatic heterocycles. The molecule has 0 aromatic heterocycles. The highest BCUT2D eigenvalue weighted by Crippen LogP contribution is 2.26. The van der Waals surface area contributed by atoms with Crippen LogP contribution in [0, 0.1) is 17.3 Å². The molecule has 108 valence electrons. The highest BCUT2D eigenvalue weighted by Gasteiger charge is 2.27. The Morgan fingerprint density at radius 1 is 1.06 bits per heavy atom. The summed E-state index contributed by atoms with van der Waals surface area (Å²) in [5, 5.41) is 0. The number of carbonyl (C=O) groups is 1. The van der Waals surface area contributed by atoms with E-state index in [0.29, 0.717) is 12.3 Å². The molecule has 3 heteroatoms. The summed E-state index contributed by atoms with van der Waals surface area (Å²) >= 11 is 0. The Kier molecular flexibility index (Phi) is 6.35. The Labute approximate surface area is 112 Å². The molecule has 0 fully saturated rings. The molecular formula is C15H30O3. The van der Waals surface area contributed by atoms with E-state index in [1.165, 1.54) is 0 Å². The maximum absolute atomic E-state index is 11.7. The molecule has 1 atom stereocenters. The van der Waals surface area contributed by atoms with Gasteiger partial charge in [0.1, 0.15) is 5.60 Å². The zero-order valence-electron chi connectivity index (χ0n) is 13.3. The van der Waals surface area contributed by atoms with E-state index in [4.69, 9.17) is 9.78 Å². The van der Waals surface area contributed by atoms with Crippen LogP contribution in [0.3, 0.4) is 0 Å². The lowest BCUT2D eigenvalue weighted by Gasteiger charge is -2.27. The van der Waals surface area contributed by atoms with E-state index in [2.05, 4.69) is 27.7 Å². The first-order valence-corrected chi connectivity index (χ1v) is 6.82.